The molecule has 0 saturated carbocycles. The molecule has 0 aliphatic carbocycles. The van der Waals surface area contributed by atoms with Crippen LogP contribution >= 0.6 is 15.9 Å². The number of benzene rings is 1. The van der Waals surface area contributed by atoms with Gasteiger partial charge in [0.25, 0.3) is 5.56 Å². The van der Waals surface area contributed by atoms with E-state index in [-0.39, 0.29) is 11.2 Å². The zero-order valence-corrected chi connectivity index (χ0v) is 11.2. The van der Waals surface area contributed by atoms with Crippen molar-refractivity contribution in [3.05, 3.63) is 50.4 Å². The molecule has 1 aromatic carbocycles. The van der Waals surface area contributed by atoms with E-state index in [1.54, 1.807) is 0 Å². The molecule has 6 heteroatoms. The highest BCUT2D eigenvalue weighted by Crippen LogP contribution is 2.17. The molecule has 1 heterocycles. The number of nitrogens with one attached hydrogen (secondary N) is 1. The van der Waals surface area contributed by atoms with Crippen LogP contribution in [0.3, 0.4) is 0 Å². The fourth-order valence-corrected chi connectivity index (χ4v) is 2.17. The Kier molecular flexibility index (Phi) is 3.65. The van der Waals surface area contributed by atoms with Crippen LogP contribution < -0.4 is 5.56 Å². The standard InChI is InChI=1S/C12H11BrF2N2O/c1-2-3-9-11(13)12(18)17(16-9)10-5-4-7(14)6-8(10)15/h4-6,16H,2-3H2,1H3. The van der Waals surface area contributed by atoms with Crippen LogP contribution in [-0.2, 0) is 6.42 Å². The van der Waals surface area contributed by atoms with E-state index in [4.69, 9.17) is 0 Å². The second kappa shape index (κ2) is 5.06. The molecule has 2 rings (SSSR count). The summed E-state index contributed by atoms with van der Waals surface area (Å²) in [5.41, 5.74) is 0.319. The van der Waals surface area contributed by atoms with Gasteiger partial charge in [-0.1, -0.05) is 13.3 Å². The van der Waals surface area contributed by atoms with E-state index >= 15 is 0 Å². The topological polar surface area (TPSA) is 37.8 Å². The smallest absolute Gasteiger partial charge is 0.285 e. The Morgan fingerprint density at radius 1 is 1.39 bits per heavy atom. The van der Waals surface area contributed by atoms with E-state index in [9.17, 15) is 13.6 Å². The molecular weight excluding hydrogens is 306 g/mol. The van der Waals surface area contributed by atoms with Gasteiger partial charge in [-0.15, -0.1) is 0 Å². The minimum Gasteiger partial charge on any atom is -0.294 e. The fourth-order valence-electron chi connectivity index (χ4n) is 1.71. The number of aromatic nitrogens is 2. The second-order valence-electron chi connectivity index (χ2n) is 3.89. The monoisotopic (exact) mass is 316 g/mol. The summed E-state index contributed by atoms with van der Waals surface area (Å²) in [6.45, 7) is 1.97. The van der Waals surface area contributed by atoms with Gasteiger partial charge in [-0.25, -0.2) is 13.5 Å². The van der Waals surface area contributed by atoms with Crippen LogP contribution in [0.1, 0.15) is 19.0 Å². The van der Waals surface area contributed by atoms with Crippen molar-refractivity contribution in [2.75, 3.05) is 0 Å². The van der Waals surface area contributed by atoms with Crippen LogP contribution in [0.2, 0.25) is 0 Å². The molecule has 0 spiro atoms. The van der Waals surface area contributed by atoms with E-state index in [0.717, 1.165) is 23.2 Å². The minimum atomic E-state index is -0.783. The first kappa shape index (κ1) is 13.0. The summed E-state index contributed by atoms with van der Waals surface area (Å²) in [6, 6.07) is 3.08. The maximum absolute atomic E-state index is 13.6. The predicted octanol–water partition coefficient (Wildman–Crippen LogP) is 3.16. The van der Waals surface area contributed by atoms with Gasteiger partial charge in [-0.05, 0) is 34.5 Å². The summed E-state index contributed by atoms with van der Waals surface area (Å²) in [5, 5.41) is 2.82. The highest BCUT2D eigenvalue weighted by Gasteiger charge is 2.15. The van der Waals surface area contributed by atoms with Crippen molar-refractivity contribution in [1.29, 1.82) is 0 Å². The average molecular weight is 317 g/mol. The Hall–Kier alpha value is -1.43. The lowest BCUT2D eigenvalue weighted by Gasteiger charge is -2.03. The lowest BCUT2D eigenvalue weighted by Crippen LogP contribution is -2.16. The molecule has 1 aromatic heterocycles. The number of rotatable bonds is 3. The summed E-state index contributed by atoms with van der Waals surface area (Å²) in [6.07, 6.45) is 1.52. The third-order valence-corrected chi connectivity index (χ3v) is 3.37. The van der Waals surface area contributed by atoms with Crippen molar-refractivity contribution in [2.24, 2.45) is 0 Å². The van der Waals surface area contributed by atoms with Gasteiger partial charge in [0.1, 0.15) is 16.0 Å². The quantitative estimate of drug-likeness (QED) is 0.928. The van der Waals surface area contributed by atoms with Gasteiger partial charge in [-0.2, -0.15) is 0 Å². The summed E-state index contributed by atoms with van der Waals surface area (Å²) < 4.78 is 27.9. The fraction of sp³-hybridized carbons (Fsp3) is 0.250. The van der Waals surface area contributed by atoms with Crippen LogP contribution in [0.25, 0.3) is 5.69 Å². The predicted molar refractivity (Wildman–Crippen MR) is 68.0 cm³/mol. The maximum Gasteiger partial charge on any atom is 0.285 e. The van der Waals surface area contributed by atoms with Gasteiger partial charge in [0.2, 0.25) is 0 Å². The summed E-state index contributed by atoms with van der Waals surface area (Å²) >= 11 is 3.18. The van der Waals surface area contributed by atoms with Crippen molar-refractivity contribution in [1.82, 2.24) is 9.78 Å². The number of H-pyrrole nitrogens is 1. The molecule has 18 heavy (non-hydrogen) atoms. The zero-order chi connectivity index (χ0) is 13.3. The van der Waals surface area contributed by atoms with Gasteiger partial charge in [0.05, 0.1) is 5.69 Å². The number of nitrogens with zero attached hydrogens (tertiary/aromatic N) is 1. The van der Waals surface area contributed by atoms with Crippen LogP contribution in [0.4, 0.5) is 8.78 Å². The molecule has 0 atom stereocenters. The Morgan fingerprint density at radius 2 is 2.11 bits per heavy atom. The van der Waals surface area contributed by atoms with E-state index < -0.39 is 11.6 Å². The second-order valence-corrected chi connectivity index (χ2v) is 4.68. The Morgan fingerprint density at radius 3 is 2.72 bits per heavy atom. The molecule has 0 aliphatic rings. The van der Waals surface area contributed by atoms with Gasteiger partial charge < -0.3 is 0 Å². The molecule has 0 radical (unpaired) electrons. The molecule has 0 aliphatic heterocycles. The number of aryl methyl sites for hydroxylation is 1. The Labute approximate surface area is 111 Å². The molecule has 1 N–H and O–H groups in total. The van der Waals surface area contributed by atoms with E-state index in [1.807, 2.05) is 6.92 Å². The molecule has 0 amide bonds. The van der Waals surface area contributed by atoms with Crippen molar-refractivity contribution in [3.8, 4) is 5.69 Å². The van der Waals surface area contributed by atoms with Crippen LogP contribution in [0, 0.1) is 11.6 Å². The van der Waals surface area contributed by atoms with Crippen molar-refractivity contribution in [2.45, 2.75) is 19.8 Å². The maximum atomic E-state index is 13.6. The molecule has 3 nitrogen and oxygen atoms in total. The van der Waals surface area contributed by atoms with Crippen LogP contribution in [0.15, 0.2) is 27.5 Å². The van der Waals surface area contributed by atoms with Crippen molar-refractivity contribution in [3.63, 3.8) is 0 Å². The molecule has 0 saturated heterocycles. The van der Waals surface area contributed by atoms with Crippen molar-refractivity contribution >= 4 is 15.9 Å². The SMILES string of the molecule is CCCc1[nH]n(-c2ccc(F)cc2F)c(=O)c1Br. The highest BCUT2D eigenvalue weighted by molar-refractivity contribution is 9.10. The average Bonchev–Trinajstić information content (AvgIpc) is 2.58. The van der Waals surface area contributed by atoms with Crippen LogP contribution in [0.5, 0.6) is 0 Å². The normalized spacial score (nSPS) is 10.9. The zero-order valence-electron chi connectivity index (χ0n) is 9.64. The van der Waals surface area contributed by atoms with E-state index in [2.05, 4.69) is 21.0 Å². The summed E-state index contributed by atoms with van der Waals surface area (Å²) in [4.78, 5) is 11.9. The molecule has 0 unspecified atom stereocenters. The first-order valence-electron chi connectivity index (χ1n) is 5.49. The van der Waals surface area contributed by atoms with Crippen LogP contribution in [-0.4, -0.2) is 9.78 Å². The summed E-state index contributed by atoms with van der Waals surface area (Å²) in [5.74, 6) is -1.46. The van der Waals surface area contributed by atoms with Gasteiger partial charge in [0.15, 0.2) is 5.82 Å². The first-order chi connectivity index (χ1) is 8.54. The Bertz CT molecular complexity index is 633. The molecule has 2 aromatic rings. The van der Waals surface area contributed by atoms with E-state index in [0.29, 0.717) is 16.6 Å². The third kappa shape index (κ3) is 2.25. The lowest BCUT2D eigenvalue weighted by atomic mass is 10.3. The first-order valence-corrected chi connectivity index (χ1v) is 6.28. The Balaban J connectivity index is 2.57. The molecule has 96 valence electrons. The highest BCUT2D eigenvalue weighted by atomic mass is 79.9. The number of hydrogen-bond acceptors (Lipinski definition) is 1. The van der Waals surface area contributed by atoms with Gasteiger partial charge in [0, 0.05) is 6.07 Å². The van der Waals surface area contributed by atoms with Gasteiger partial charge >= 0.3 is 0 Å². The molecular formula is C12H11BrF2N2O. The summed E-state index contributed by atoms with van der Waals surface area (Å²) in [7, 11) is 0. The third-order valence-electron chi connectivity index (χ3n) is 2.55. The molecule has 0 fully saturated rings. The number of halogens is 3. The molecule has 0 bridgehead atoms. The lowest BCUT2D eigenvalue weighted by molar-refractivity contribution is 0.571. The largest absolute Gasteiger partial charge is 0.294 e. The van der Waals surface area contributed by atoms with Gasteiger partial charge in [-0.3, -0.25) is 9.89 Å². The van der Waals surface area contributed by atoms with E-state index in [1.165, 1.54) is 6.07 Å². The van der Waals surface area contributed by atoms with Crippen molar-refractivity contribution < 1.29 is 8.78 Å². The number of aromatic amines is 1. The number of hydrogen-bond donors (Lipinski definition) is 1. The minimum absolute atomic E-state index is 0.00412.